The van der Waals surface area contributed by atoms with Gasteiger partial charge in [0.2, 0.25) is 11.8 Å². The SMILES string of the molecule is Cc1ccc(NC(=O)[C@@H]2CC(=O)N(Cc3ccccn3)C2)nc1. The highest BCUT2D eigenvalue weighted by Crippen LogP contribution is 2.21. The monoisotopic (exact) mass is 310 g/mol. The van der Waals surface area contributed by atoms with Gasteiger partial charge in [-0.05, 0) is 30.7 Å². The van der Waals surface area contributed by atoms with Gasteiger partial charge >= 0.3 is 0 Å². The predicted octanol–water partition coefficient (Wildman–Crippen LogP) is 1.77. The summed E-state index contributed by atoms with van der Waals surface area (Å²) in [5.74, 6) is -0.0311. The summed E-state index contributed by atoms with van der Waals surface area (Å²) >= 11 is 0. The Morgan fingerprint density at radius 3 is 2.87 bits per heavy atom. The van der Waals surface area contributed by atoms with Gasteiger partial charge in [0, 0.05) is 25.4 Å². The molecule has 0 spiro atoms. The second-order valence-corrected chi connectivity index (χ2v) is 5.71. The van der Waals surface area contributed by atoms with Crippen molar-refractivity contribution in [1.82, 2.24) is 14.9 Å². The van der Waals surface area contributed by atoms with Gasteiger partial charge in [-0.1, -0.05) is 12.1 Å². The van der Waals surface area contributed by atoms with Gasteiger partial charge in [-0.2, -0.15) is 0 Å². The molecular weight excluding hydrogens is 292 g/mol. The molecule has 118 valence electrons. The first kappa shape index (κ1) is 15.1. The second-order valence-electron chi connectivity index (χ2n) is 5.71. The van der Waals surface area contributed by atoms with E-state index in [2.05, 4.69) is 15.3 Å². The molecular formula is C17H18N4O2. The maximum atomic E-state index is 12.3. The topological polar surface area (TPSA) is 75.2 Å². The first-order valence-electron chi connectivity index (χ1n) is 7.53. The number of pyridine rings is 2. The standard InChI is InChI=1S/C17H18N4O2/c1-12-5-6-15(19-9-12)20-17(23)13-8-16(22)21(10-13)11-14-4-2-3-7-18-14/h2-7,9,13H,8,10-11H2,1H3,(H,19,20,23)/t13-/m1/s1. The van der Waals surface area contributed by atoms with Crippen LogP contribution in [0.4, 0.5) is 5.82 Å². The lowest BCUT2D eigenvalue weighted by atomic mass is 10.1. The summed E-state index contributed by atoms with van der Waals surface area (Å²) in [6.07, 6.45) is 3.62. The third-order valence-corrected chi connectivity index (χ3v) is 3.83. The average Bonchev–Trinajstić information content (AvgIpc) is 2.92. The summed E-state index contributed by atoms with van der Waals surface area (Å²) in [6.45, 7) is 2.78. The second kappa shape index (κ2) is 6.56. The zero-order valence-electron chi connectivity index (χ0n) is 12.9. The van der Waals surface area contributed by atoms with Crippen molar-refractivity contribution in [3.63, 3.8) is 0 Å². The number of hydrogen-bond donors (Lipinski definition) is 1. The number of hydrogen-bond acceptors (Lipinski definition) is 4. The lowest BCUT2D eigenvalue weighted by molar-refractivity contribution is -0.128. The Labute approximate surface area is 134 Å². The van der Waals surface area contributed by atoms with Crippen LogP contribution in [0.15, 0.2) is 42.7 Å². The molecule has 1 saturated heterocycles. The van der Waals surface area contributed by atoms with Crippen LogP contribution in [0.5, 0.6) is 0 Å². The summed E-state index contributed by atoms with van der Waals surface area (Å²) in [5.41, 5.74) is 1.85. The van der Waals surface area contributed by atoms with E-state index < -0.39 is 0 Å². The molecule has 1 N–H and O–H groups in total. The largest absolute Gasteiger partial charge is 0.336 e. The van der Waals surface area contributed by atoms with Crippen LogP contribution >= 0.6 is 0 Å². The van der Waals surface area contributed by atoms with Gasteiger partial charge < -0.3 is 10.2 Å². The number of carbonyl (C=O) groups is 2. The minimum atomic E-state index is -0.352. The van der Waals surface area contributed by atoms with Crippen LogP contribution in [0, 0.1) is 12.8 Å². The fraction of sp³-hybridized carbons (Fsp3) is 0.294. The Morgan fingerprint density at radius 2 is 2.17 bits per heavy atom. The molecule has 0 radical (unpaired) electrons. The molecule has 0 aliphatic carbocycles. The molecule has 3 heterocycles. The third-order valence-electron chi connectivity index (χ3n) is 3.83. The van der Waals surface area contributed by atoms with Crippen molar-refractivity contribution < 1.29 is 9.59 Å². The first-order chi connectivity index (χ1) is 11.1. The van der Waals surface area contributed by atoms with Crippen LogP contribution in [0.2, 0.25) is 0 Å². The van der Waals surface area contributed by atoms with E-state index in [0.717, 1.165) is 11.3 Å². The number of nitrogens with one attached hydrogen (secondary N) is 1. The van der Waals surface area contributed by atoms with Gasteiger partial charge in [0.1, 0.15) is 5.82 Å². The van der Waals surface area contributed by atoms with Gasteiger partial charge in [-0.25, -0.2) is 4.98 Å². The number of anilines is 1. The number of carbonyl (C=O) groups excluding carboxylic acids is 2. The molecule has 1 aliphatic heterocycles. The first-order valence-corrected chi connectivity index (χ1v) is 7.53. The van der Waals surface area contributed by atoms with Crippen molar-refractivity contribution in [3.8, 4) is 0 Å². The van der Waals surface area contributed by atoms with Crippen molar-refractivity contribution in [3.05, 3.63) is 54.0 Å². The van der Waals surface area contributed by atoms with E-state index in [0.29, 0.717) is 18.9 Å². The molecule has 23 heavy (non-hydrogen) atoms. The van der Waals surface area contributed by atoms with Gasteiger partial charge in [0.05, 0.1) is 18.2 Å². The van der Waals surface area contributed by atoms with E-state index in [1.54, 1.807) is 23.4 Å². The molecule has 1 aliphatic rings. The van der Waals surface area contributed by atoms with Crippen LogP contribution in [-0.4, -0.2) is 33.2 Å². The van der Waals surface area contributed by atoms with Crippen LogP contribution in [0.3, 0.4) is 0 Å². The van der Waals surface area contributed by atoms with Gasteiger partial charge in [-0.3, -0.25) is 14.6 Å². The van der Waals surface area contributed by atoms with Gasteiger partial charge in [0.15, 0.2) is 0 Å². The van der Waals surface area contributed by atoms with E-state index in [-0.39, 0.29) is 24.2 Å². The average molecular weight is 310 g/mol. The highest BCUT2D eigenvalue weighted by Gasteiger charge is 2.34. The number of nitrogens with zero attached hydrogens (tertiary/aromatic N) is 3. The molecule has 3 rings (SSSR count). The van der Waals surface area contributed by atoms with Crippen molar-refractivity contribution in [2.75, 3.05) is 11.9 Å². The molecule has 0 aromatic carbocycles. The highest BCUT2D eigenvalue weighted by molar-refractivity contribution is 5.96. The molecule has 0 unspecified atom stereocenters. The van der Waals surface area contributed by atoms with Crippen molar-refractivity contribution in [2.45, 2.75) is 19.9 Å². The molecule has 0 saturated carbocycles. The van der Waals surface area contributed by atoms with Gasteiger partial charge in [0.25, 0.3) is 0 Å². The van der Waals surface area contributed by atoms with E-state index in [4.69, 9.17) is 0 Å². The van der Waals surface area contributed by atoms with E-state index in [1.165, 1.54) is 0 Å². The van der Waals surface area contributed by atoms with Crippen LogP contribution in [-0.2, 0) is 16.1 Å². The molecule has 1 atom stereocenters. The van der Waals surface area contributed by atoms with E-state index in [1.807, 2.05) is 31.2 Å². The molecule has 0 bridgehead atoms. The maximum Gasteiger partial charge on any atom is 0.230 e. The normalized spacial score (nSPS) is 17.3. The fourth-order valence-corrected chi connectivity index (χ4v) is 2.56. The van der Waals surface area contributed by atoms with E-state index >= 15 is 0 Å². The lowest BCUT2D eigenvalue weighted by Gasteiger charge is -2.16. The number of amides is 2. The molecule has 2 aromatic heterocycles. The summed E-state index contributed by atoms with van der Waals surface area (Å²) < 4.78 is 0. The van der Waals surface area contributed by atoms with Crippen molar-refractivity contribution in [2.24, 2.45) is 5.92 Å². The summed E-state index contributed by atoms with van der Waals surface area (Å²) in [6, 6.07) is 9.23. The summed E-state index contributed by atoms with van der Waals surface area (Å²) in [7, 11) is 0. The van der Waals surface area contributed by atoms with Crippen LogP contribution in [0.25, 0.3) is 0 Å². The van der Waals surface area contributed by atoms with Gasteiger partial charge in [-0.15, -0.1) is 0 Å². The zero-order valence-corrected chi connectivity index (χ0v) is 12.9. The molecule has 6 heteroatoms. The fourth-order valence-electron chi connectivity index (χ4n) is 2.56. The number of aromatic nitrogens is 2. The molecule has 2 amide bonds. The molecule has 2 aromatic rings. The number of likely N-dealkylation sites (tertiary alicyclic amines) is 1. The highest BCUT2D eigenvalue weighted by atomic mass is 16.2. The summed E-state index contributed by atoms with van der Waals surface area (Å²) in [4.78, 5) is 34.4. The zero-order chi connectivity index (χ0) is 16.2. The third kappa shape index (κ3) is 3.71. The Bertz CT molecular complexity index is 700. The number of rotatable bonds is 4. The predicted molar refractivity (Wildman–Crippen MR) is 85.4 cm³/mol. The lowest BCUT2D eigenvalue weighted by Crippen LogP contribution is -2.28. The van der Waals surface area contributed by atoms with Crippen LogP contribution in [0.1, 0.15) is 17.7 Å². The summed E-state index contributed by atoms with van der Waals surface area (Å²) in [5, 5.41) is 2.77. The van der Waals surface area contributed by atoms with Crippen LogP contribution < -0.4 is 5.32 Å². The Kier molecular flexibility index (Phi) is 4.32. The molecule has 1 fully saturated rings. The molecule has 6 nitrogen and oxygen atoms in total. The van der Waals surface area contributed by atoms with E-state index in [9.17, 15) is 9.59 Å². The quantitative estimate of drug-likeness (QED) is 0.934. The van der Waals surface area contributed by atoms with Crippen molar-refractivity contribution >= 4 is 17.6 Å². The Morgan fingerprint density at radius 1 is 1.30 bits per heavy atom. The minimum absolute atomic E-state index is 0.0207. The Hall–Kier alpha value is -2.76. The Balaban J connectivity index is 1.60. The van der Waals surface area contributed by atoms with Crippen molar-refractivity contribution in [1.29, 1.82) is 0 Å². The maximum absolute atomic E-state index is 12.3. The minimum Gasteiger partial charge on any atom is -0.336 e. The number of aryl methyl sites for hydroxylation is 1. The smallest absolute Gasteiger partial charge is 0.230 e.